The summed E-state index contributed by atoms with van der Waals surface area (Å²) in [5, 5.41) is 5.45. The van der Waals surface area contributed by atoms with Gasteiger partial charge in [-0.3, -0.25) is 0 Å². The molecule has 0 saturated carbocycles. The Balaban J connectivity index is 2.04. The smallest absolute Gasteiger partial charge is 0.148 e. The number of hydrogen-bond donors (Lipinski definition) is 1. The summed E-state index contributed by atoms with van der Waals surface area (Å²) in [6.07, 6.45) is 1.14. The zero-order chi connectivity index (χ0) is 15.2. The first-order valence-corrected chi connectivity index (χ1v) is 9.91. The zero-order valence-corrected chi connectivity index (χ0v) is 17.2. The summed E-state index contributed by atoms with van der Waals surface area (Å²) in [6.45, 7) is 4.61. The molecule has 2 rings (SSSR count). The van der Waals surface area contributed by atoms with E-state index in [2.05, 4.69) is 77.5 Å². The van der Waals surface area contributed by atoms with Crippen molar-refractivity contribution in [1.29, 1.82) is 0 Å². The minimum absolute atomic E-state index is 0.558. The topological polar surface area (TPSA) is 21.3 Å². The van der Waals surface area contributed by atoms with Crippen molar-refractivity contribution in [2.75, 3.05) is 6.54 Å². The van der Waals surface area contributed by atoms with Crippen LogP contribution in [-0.4, -0.2) is 6.54 Å². The number of ether oxygens (including phenoxy) is 1. The van der Waals surface area contributed by atoms with E-state index in [0.29, 0.717) is 6.61 Å². The van der Waals surface area contributed by atoms with Crippen molar-refractivity contribution in [3.05, 3.63) is 47.4 Å². The molecule has 0 unspecified atom stereocenters. The van der Waals surface area contributed by atoms with Crippen LogP contribution in [0.15, 0.2) is 37.0 Å². The maximum atomic E-state index is 5.94. The average Bonchev–Trinajstić information content (AvgIpc) is 2.84. The number of thiophene rings is 1. The maximum Gasteiger partial charge on any atom is 0.148 e. The third kappa shape index (κ3) is 5.06. The monoisotopic (exact) mass is 495 g/mol. The van der Waals surface area contributed by atoms with E-state index >= 15 is 0 Å². The molecule has 0 radical (unpaired) electrons. The highest BCUT2D eigenvalue weighted by atomic mass is 79.9. The Morgan fingerprint density at radius 1 is 1.14 bits per heavy atom. The lowest BCUT2D eigenvalue weighted by molar-refractivity contribution is 0.305. The Morgan fingerprint density at radius 3 is 2.43 bits per heavy atom. The predicted molar refractivity (Wildman–Crippen MR) is 100 cm³/mol. The highest BCUT2D eigenvalue weighted by Gasteiger charge is 2.10. The van der Waals surface area contributed by atoms with Crippen LogP contribution in [0.2, 0.25) is 0 Å². The minimum atomic E-state index is 0.558. The van der Waals surface area contributed by atoms with Crippen LogP contribution in [0.5, 0.6) is 5.75 Å². The molecule has 0 amide bonds. The van der Waals surface area contributed by atoms with Gasteiger partial charge < -0.3 is 10.1 Å². The largest absolute Gasteiger partial charge is 0.486 e. The van der Waals surface area contributed by atoms with Gasteiger partial charge in [0.05, 0.1) is 13.8 Å². The van der Waals surface area contributed by atoms with Crippen molar-refractivity contribution in [3.63, 3.8) is 0 Å². The molecule has 0 fully saturated rings. The van der Waals surface area contributed by atoms with Gasteiger partial charge in [-0.2, -0.15) is 0 Å². The van der Waals surface area contributed by atoms with Crippen molar-refractivity contribution in [1.82, 2.24) is 5.32 Å². The summed E-state index contributed by atoms with van der Waals surface area (Å²) < 4.78 is 8.98. The number of hydrogen-bond acceptors (Lipinski definition) is 3. The van der Waals surface area contributed by atoms with Crippen LogP contribution in [0, 0.1) is 0 Å². The zero-order valence-electron chi connectivity index (χ0n) is 11.6. The van der Waals surface area contributed by atoms with Crippen molar-refractivity contribution in [3.8, 4) is 5.75 Å². The molecular formula is C15H16Br3NOS. The number of halogens is 3. The van der Waals surface area contributed by atoms with E-state index in [1.165, 1.54) is 10.4 Å². The maximum absolute atomic E-state index is 5.94. The van der Waals surface area contributed by atoms with Gasteiger partial charge in [0.2, 0.25) is 0 Å². The van der Waals surface area contributed by atoms with Crippen LogP contribution in [0.1, 0.15) is 23.8 Å². The van der Waals surface area contributed by atoms with Gasteiger partial charge in [0.1, 0.15) is 12.4 Å². The molecule has 0 aliphatic heterocycles. The molecule has 2 nitrogen and oxygen atoms in total. The fourth-order valence-electron chi connectivity index (χ4n) is 1.83. The van der Waals surface area contributed by atoms with Crippen LogP contribution in [-0.2, 0) is 13.2 Å². The second-order valence-electron chi connectivity index (χ2n) is 4.55. The van der Waals surface area contributed by atoms with Crippen LogP contribution < -0.4 is 10.1 Å². The molecule has 0 bridgehead atoms. The molecule has 0 aliphatic carbocycles. The summed E-state index contributed by atoms with van der Waals surface area (Å²) >= 11 is 12.4. The first-order valence-electron chi connectivity index (χ1n) is 6.65. The molecular weight excluding hydrogens is 482 g/mol. The van der Waals surface area contributed by atoms with Gasteiger partial charge in [-0.25, -0.2) is 0 Å². The summed E-state index contributed by atoms with van der Waals surface area (Å²) in [7, 11) is 0. The second kappa shape index (κ2) is 8.67. The lowest BCUT2D eigenvalue weighted by Crippen LogP contribution is -2.13. The molecule has 6 heteroatoms. The van der Waals surface area contributed by atoms with E-state index in [4.69, 9.17) is 4.74 Å². The van der Waals surface area contributed by atoms with Crippen molar-refractivity contribution in [2.45, 2.75) is 26.5 Å². The first-order chi connectivity index (χ1) is 10.1. The summed E-state index contributed by atoms with van der Waals surface area (Å²) in [4.78, 5) is 1.18. The predicted octanol–water partition coefficient (Wildman–Crippen LogP) is 6.11. The molecule has 1 aromatic carbocycles. The lowest BCUT2D eigenvalue weighted by atomic mass is 10.2. The summed E-state index contributed by atoms with van der Waals surface area (Å²) in [5.74, 6) is 0.842. The summed E-state index contributed by atoms with van der Waals surface area (Å²) in [6, 6.07) is 6.24. The van der Waals surface area contributed by atoms with E-state index < -0.39 is 0 Å². The van der Waals surface area contributed by atoms with Gasteiger partial charge in [-0.15, -0.1) is 11.3 Å². The third-order valence-electron chi connectivity index (χ3n) is 2.85. The van der Waals surface area contributed by atoms with E-state index in [1.54, 1.807) is 11.3 Å². The second-order valence-corrected chi connectivity index (χ2v) is 8.11. The van der Waals surface area contributed by atoms with Gasteiger partial charge in [-0.1, -0.05) is 6.92 Å². The van der Waals surface area contributed by atoms with Crippen LogP contribution in [0.25, 0.3) is 0 Å². The molecule has 0 atom stereocenters. The average molecular weight is 498 g/mol. The molecule has 0 aliphatic rings. The molecule has 21 heavy (non-hydrogen) atoms. The van der Waals surface area contributed by atoms with E-state index in [-0.39, 0.29) is 0 Å². The highest BCUT2D eigenvalue weighted by Crippen LogP contribution is 2.36. The summed E-state index contributed by atoms with van der Waals surface area (Å²) in [5.41, 5.74) is 1.23. The van der Waals surface area contributed by atoms with Gasteiger partial charge >= 0.3 is 0 Å². The molecule has 114 valence electrons. The number of nitrogens with one attached hydrogen (secondary N) is 1. The molecule has 1 N–H and O–H groups in total. The normalized spacial score (nSPS) is 10.9. The first kappa shape index (κ1) is 17.5. The van der Waals surface area contributed by atoms with Gasteiger partial charge in [0.15, 0.2) is 0 Å². The van der Waals surface area contributed by atoms with Crippen LogP contribution >= 0.6 is 59.1 Å². The van der Waals surface area contributed by atoms with Gasteiger partial charge in [0.25, 0.3) is 0 Å². The molecule has 1 aromatic heterocycles. The molecule has 1 heterocycles. The third-order valence-corrected chi connectivity index (χ3v) is 5.93. The fraction of sp³-hybridized carbons (Fsp3) is 0.333. The van der Waals surface area contributed by atoms with Crippen molar-refractivity contribution < 1.29 is 4.74 Å². The van der Waals surface area contributed by atoms with Crippen molar-refractivity contribution in [2.24, 2.45) is 0 Å². The molecule has 0 saturated heterocycles. The van der Waals surface area contributed by atoms with Crippen molar-refractivity contribution >= 4 is 59.1 Å². The van der Waals surface area contributed by atoms with E-state index in [1.807, 2.05) is 6.07 Å². The SMILES string of the molecule is CCCNCc1cc(Br)c(OCc2sccc2Br)c(Br)c1. The highest BCUT2D eigenvalue weighted by molar-refractivity contribution is 9.11. The fourth-order valence-corrected chi connectivity index (χ4v) is 4.72. The van der Waals surface area contributed by atoms with Gasteiger partial charge in [0, 0.05) is 11.0 Å². The van der Waals surface area contributed by atoms with Crippen LogP contribution in [0.4, 0.5) is 0 Å². The Morgan fingerprint density at radius 2 is 1.86 bits per heavy atom. The lowest BCUT2D eigenvalue weighted by Gasteiger charge is -2.12. The van der Waals surface area contributed by atoms with E-state index in [9.17, 15) is 0 Å². The standard InChI is InChI=1S/C15H16Br3NOS/c1-2-4-19-8-10-6-12(17)15(13(18)7-10)20-9-14-11(16)3-5-21-14/h3,5-7,19H,2,4,8-9H2,1H3. The Hall–Kier alpha value is 0.120. The number of benzene rings is 1. The Kier molecular flexibility index (Phi) is 7.22. The molecule has 0 spiro atoms. The minimum Gasteiger partial charge on any atom is -0.486 e. The van der Waals surface area contributed by atoms with Crippen LogP contribution in [0.3, 0.4) is 0 Å². The molecule has 2 aromatic rings. The quantitative estimate of drug-likeness (QED) is 0.466. The Labute approximate surface area is 154 Å². The van der Waals surface area contributed by atoms with E-state index in [0.717, 1.165) is 38.7 Å². The Bertz CT molecular complexity index is 577. The number of rotatable bonds is 7. The van der Waals surface area contributed by atoms with Gasteiger partial charge in [-0.05, 0) is 89.9 Å².